The predicted molar refractivity (Wildman–Crippen MR) is 34.0 cm³/mol. The average molecular weight is 108 g/mol. The number of nitrogens with two attached hydrogens (primary N) is 1. The second-order valence-electron chi connectivity index (χ2n) is 1.48. The van der Waals surface area contributed by atoms with Gasteiger partial charge in [0.15, 0.2) is 0 Å². The van der Waals surface area contributed by atoms with Gasteiger partial charge >= 0.3 is 0 Å². The largest absolute Gasteiger partial charge is 0.405 e. The van der Waals surface area contributed by atoms with Crippen LogP contribution >= 0.6 is 0 Å². The highest BCUT2D eigenvalue weighted by Gasteiger charge is 1.78. The van der Waals surface area contributed by atoms with Crippen molar-refractivity contribution in [2.24, 2.45) is 5.73 Å². The molecule has 0 saturated heterocycles. The summed E-state index contributed by atoms with van der Waals surface area (Å²) >= 11 is 0. The van der Waals surface area contributed by atoms with Crippen molar-refractivity contribution >= 4 is 6.08 Å². The Hall–Kier alpha value is -1.18. The summed E-state index contributed by atoms with van der Waals surface area (Å²) in [6.45, 7) is 0. The Labute approximate surface area is 48.0 Å². The maximum atomic E-state index is 5.12. The van der Waals surface area contributed by atoms with Gasteiger partial charge in [-0.05, 0) is 24.4 Å². The lowest BCUT2D eigenvalue weighted by molar-refractivity contribution is 1.37. The standard InChI is InChI=1S/C6H8N2/c7-4-3-6-2-1-5-8-6/h1-5,8H,7H2/b4-3-. The molecule has 0 spiro atoms. The summed E-state index contributed by atoms with van der Waals surface area (Å²) in [4.78, 5) is 2.97. The van der Waals surface area contributed by atoms with Gasteiger partial charge in [-0.2, -0.15) is 0 Å². The molecule has 2 nitrogen and oxygen atoms in total. The number of aromatic amines is 1. The first-order valence-electron chi connectivity index (χ1n) is 2.45. The number of rotatable bonds is 1. The van der Waals surface area contributed by atoms with Crippen LogP contribution in [-0.4, -0.2) is 4.98 Å². The SMILES string of the molecule is N/C=C\c1ccc[nH]1. The van der Waals surface area contributed by atoms with E-state index in [9.17, 15) is 0 Å². The third-order valence-corrected chi connectivity index (χ3v) is 0.898. The van der Waals surface area contributed by atoms with Crippen LogP contribution in [0.3, 0.4) is 0 Å². The zero-order chi connectivity index (χ0) is 5.82. The first kappa shape index (κ1) is 4.97. The number of H-pyrrole nitrogens is 1. The van der Waals surface area contributed by atoms with E-state index in [1.54, 1.807) is 6.08 Å². The highest BCUT2D eigenvalue weighted by atomic mass is 14.7. The fourth-order valence-electron chi connectivity index (χ4n) is 0.552. The highest BCUT2D eigenvalue weighted by Crippen LogP contribution is 1.94. The molecule has 2 heteroatoms. The zero-order valence-electron chi connectivity index (χ0n) is 4.46. The van der Waals surface area contributed by atoms with Gasteiger partial charge in [-0.25, -0.2) is 0 Å². The lowest BCUT2D eigenvalue weighted by atomic mass is 10.4. The van der Waals surface area contributed by atoms with Gasteiger partial charge in [-0.15, -0.1) is 0 Å². The van der Waals surface area contributed by atoms with E-state index < -0.39 is 0 Å². The molecule has 1 heterocycles. The molecule has 0 radical (unpaired) electrons. The number of nitrogens with one attached hydrogen (secondary N) is 1. The van der Waals surface area contributed by atoms with E-state index in [-0.39, 0.29) is 0 Å². The van der Waals surface area contributed by atoms with Gasteiger partial charge in [0, 0.05) is 11.9 Å². The third kappa shape index (κ3) is 0.904. The molecule has 0 bridgehead atoms. The van der Waals surface area contributed by atoms with E-state index in [1.165, 1.54) is 6.20 Å². The molecule has 0 aliphatic heterocycles. The Kier molecular flexibility index (Phi) is 1.37. The Morgan fingerprint density at radius 1 is 1.62 bits per heavy atom. The van der Waals surface area contributed by atoms with Crippen molar-refractivity contribution in [3.05, 3.63) is 30.2 Å². The summed E-state index contributed by atoms with van der Waals surface area (Å²) in [6.07, 6.45) is 5.17. The van der Waals surface area contributed by atoms with Crippen LogP contribution < -0.4 is 5.73 Å². The summed E-state index contributed by atoms with van der Waals surface area (Å²) in [7, 11) is 0. The van der Waals surface area contributed by atoms with E-state index in [0.29, 0.717) is 0 Å². The maximum absolute atomic E-state index is 5.12. The Bertz CT molecular complexity index is 163. The Balaban J connectivity index is 2.77. The smallest absolute Gasteiger partial charge is 0.0394 e. The first-order valence-corrected chi connectivity index (χ1v) is 2.45. The van der Waals surface area contributed by atoms with E-state index in [2.05, 4.69) is 4.98 Å². The van der Waals surface area contributed by atoms with Crippen LogP contribution in [0.25, 0.3) is 6.08 Å². The van der Waals surface area contributed by atoms with Crippen molar-refractivity contribution in [3.63, 3.8) is 0 Å². The molecule has 1 aromatic heterocycles. The molecule has 0 amide bonds. The molecule has 3 N–H and O–H groups in total. The highest BCUT2D eigenvalue weighted by molar-refractivity contribution is 5.43. The van der Waals surface area contributed by atoms with Gasteiger partial charge < -0.3 is 10.7 Å². The first-order chi connectivity index (χ1) is 3.93. The van der Waals surface area contributed by atoms with Crippen LogP contribution in [0.5, 0.6) is 0 Å². The fraction of sp³-hybridized carbons (Fsp3) is 0. The molecule has 0 aliphatic rings. The van der Waals surface area contributed by atoms with Gasteiger partial charge in [0.05, 0.1) is 0 Å². The predicted octanol–water partition coefficient (Wildman–Crippen LogP) is 0.944. The summed E-state index contributed by atoms with van der Waals surface area (Å²) in [5, 5.41) is 0. The average Bonchev–Trinajstić information content (AvgIpc) is 2.19. The molecule has 0 aliphatic carbocycles. The molecule has 0 saturated carbocycles. The quantitative estimate of drug-likeness (QED) is 0.552. The van der Waals surface area contributed by atoms with E-state index in [1.807, 2.05) is 18.3 Å². The summed E-state index contributed by atoms with van der Waals surface area (Å²) in [5.74, 6) is 0. The van der Waals surface area contributed by atoms with Crippen LogP contribution in [-0.2, 0) is 0 Å². The van der Waals surface area contributed by atoms with Crippen LogP contribution in [0.2, 0.25) is 0 Å². The van der Waals surface area contributed by atoms with Crippen molar-refractivity contribution in [1.82, 2.24) is 4.98 Å². The second kappa shape index (κ2) is 2.21. The second-order valence-corrected chi connectivity index (χ2v) is 1.48. The van der Waals surface area contributed by atoms with Crippen LogP contribution in [0.15, 0.2) is 24.5 Å². The summed E-state index contributed by atoms with van der Waals surface area (Å²) in [6, 6.07) is 3.87. The van der Waals surface area contributed by atoms with E-state index >= 15 is 0 Å². The van der Waals surface area contributed by atoms with Crippen molar-refractivity contribution in [1.29, 1.82) is 0 Å². The summed E-state index contributed by atoms with van der Waals surface area (Å²) in [5.41, 5.74) is 6.15. The summed E-state index contributed by atoms with van der Waals surface area (Å²) < 4.78 is 0. The fourth-order valence-corrected chi connectivity index (χ4v) is 0.552. The van der Waals surface area contributed by atoms with Gasteiger partial charge in [0.1, 0.15) is 0 Å². The topological polar surface area (TPSA) is 41.8 Å². The lowest BCUT2D eigenvalue weighted by Gasteiger charge is -1.78. The van der Waals surface area contributed by atoms with Gasteiger partial charge in [-0.1, -0.05) is 0 Å². The van der Waals surface area contributed by atoms with Crippen LogP contribution in [0.4, 0.5) is 0 Å². The van der Waals surface area contributed by atoms with Gasteiger partial charge in [0.25, 0.3) is 0 Å². The van der Waals surface area contributed by atoms with Crippen LogP contribution in [0.1, 0.15) is 5.69 Å². The maximum Gasteiger partial charge on any atom is 0.0394 e. The van der Waals surface area contributed by atoms with Gasteiger partial charge in [0.2, 0.25) is 0 Å². The van der Waals surface area contributed by atoms with E-state index in [0.717, 1.165) is 5.69 Å². The molecule has 8 heavy (non-hydrogen) atoms. The molecule has 0 atom stereocenters. The molecule has 1 rings (SSSR count). The molecular formula is C6H8N2. The molecular weight excluding hydrogens is 100 g/mol. The molecule has 0 aromatic carbocycles. The molecule has 0 unspecified atom stereocenters. The Morgan fingerprint density at radius 3 is 3.00 bits per heavy atom. The van der Waals surface area contributed by atoms with E-state index in [4.69, 9.17) is 5.73 Å². The Morgan fingerprint density at radius 2 is 2.50 bits per heavy atom. The minimum absolute atomic E-state index is 1.03. The van der Waals surface area contributed by atoms with Crippen molar-refractivity contribution in [2.75, 3.05) is 0 Å². The monoisotopic (exact) mass is 108 g/mol. The van der Waals surface area contributed by atoms with Gasteiger partial charge in [-0.3, -0.25) is 0 Å². The van der Waals surface area contributed by atoms with Crippen LogP contribution in [0, 0.1) is 0 Å². The molecule has 0 fully saturated rings. The minimum Gasteiger partial charge on any atom is -0.405 e. The zero-order valence-corrected chi connectivity index (χ0v) is 4.46. The number of hydrogen-bond acceptors (Lipinski definition) is 1. The van der Waals surface area contributed by atoms with Crippen molar-refractivity contribution in [2.45, 2.75) is 0 Å². The third-order valence-electron chi connectivity index (χ3n) is 0.898. The lowest BCUT2D eigenvalue weighted by Crippen LogP contribution is -1.75. The minimum atomic E-state index is 1.03. The number of hydrogen-bond donors (Lipinski definition) is 2. The number of aromatic nitrogens is 1. The van der Waals surface area contributed by atoms with Crippen molar-refractivity contribution < 1.29 is 0 Å². The molecule has 1 aromatic rings. The van der Waals surface area contributed by atoms with Crippen molar-refractivity contribution in [3.8, 4) is 0 Å². The molecule has 42 valence electrons. The normalized spacial score (nSPS) is 10.5.